The highest BCUT2D eigenvalue weighted by Gasteiger charge is 2.10. The van der Waals surface area contributed by atoms with Gasteiger partial charge in [0.25, 0.3) is 0 Å². The van der Waals surface area contributed by atoms with Gasteiger partial charge in [-0.05, 0) is 38.2 Å². The Morgan fingerprint density at radius 2 is 1.84 bits per heavy atom. The van der Waals surface area contributed by atoms with Crippen LogP contribution < -0.4 is 15.4 Å². The van der Waals surface area contributed by atoms with E-state index in [0.717, 1.165) is 5.69 Å². The van der Waals surface area contributed by atoms with Crippen LogP contribution in [0, 0.1) is 0 Å². The van der Waals surface area contributed by atoms with E-state index in [1.165, 1.54) is 19.2 Å². The molecule has 0 aromatic heterocycles. The molecule has 1 aromatic rings. The third-order valence-corrected chi connectivity index (χ3v) is 3.92. The summed E-state index contributed by atoms with van der Waals surface area (Å²) in [7, 11) is -2.03. The Kier molecular flexibility index (Phi) is 5.78. The number of amides is 1. The predicted molar refractivity (Wildman–Crippen MR) is 74.5 cm³/mol. The van der Waals surface area contributed by atoms with Crippen molar-refractivity contribution in [2.45, 2.75) is 18.2 Å². The van der Waals surface area contributed by atoms with Crippen LogP contribution in [-0.4, -0.2) is 34.5 Å². The Labute approximate surface area is 113 Å². The van der Waals surface area contributed by atoms with Crippen molar-refractivity contribution < 1.29 is 13.2 Å². The van der Waals surface area contributed by atoms with Crippen molar-refractivity contribution in [1.82, 2.24) is 10.0 Å². The first-order chi connectivity index (χ1) is 8.99. The van der Waals surface area contributed by atoms with E-state index in [1.807, 2.05) is 6.92 Å². The molecule has 0 atom stereocenters. The van der Waals surface area contributed by atoms with Crippen molar-refractivity contribution >= 4 is 21.6 Å². The van der Waals surface area contributed by atoms with E-state index < -0.39 is 10.0 Å². The lowest BCUT2D eigenvalue weighted by atomic mass is 10.3. The minimum Gasteiger partial charge on any atom is -0.385 e. The van der Waals surface area contributed by atoms with Crippen molar-refractivity contribution in [2.24, 2.45) is 0 Å². The highest BCUT2D eigenvalue weighted by molar-refractivity contribution is 7.89. The molecule has 0 fully saturated rings. The summed E-state index contributed by atoms with van der Waals surface area (Å²) in [6.07, 6.45) is 0.379. The summed E-state index contributed by atoms with van der Waals surface area (Å²) in [5, 5.41) is 5.76. The second kappa shape index (κ2) is 7.10. The quantitative estimate of drug-likeness (QED) is 0.682. The normalized spacial score (nSPS) is 11.1. The highest BCUT2D eigenvalue weighted by atomic mass is 32.2. The molecule has 0 saturated heterocycles. The van der Waals surface area contributed by atoms with Crippen LogP contribution in [0.5, 0.6) is 0 Å². The van der Waals surface area contributed by atoms with Gasteiger partial charge in [-0.25, -0.2) is 13.1 Å². The number of nitrogens with one attached hydrogen (secondary N) is 3. The molecule has 7 heteroatoms. The van der Waals surface area contributed by atoms with E-state index in [9.17, 15) is 13.2 Å². The molecule has 0 aliphatic heterocycles. The van der Waals surface area contributed by atoms with Gasteiger partial charge in [-0.3, -0.25) is 4.79 Å². The molecular weight excluding hydrogens is 266 g/mol. The standard InChI is InChI=1S/C12H19N3O3S/c1-3-14-12(16)8-9-15-10-4-6-11(7-5-10)19(17,18)13-2/h4-7,13,15H,3,8-9H2,1-2H3,(H,14,16). The molecule has 0 aliphatic rings. The maximum Gasteiger partial charge on any atom is 0.240 e. The average Bonchev–Trinajstić information content (AvgIpc) is 2.40. The molecule has 1 rings (SSSR count). The Bertz CT molecular complexity index is 512. The van der Waals surface area contributed by atoms with Crippen LogP contribution in [0.2, 0.25) is 0 Å². The molecule has 0 aliphatic carbocycles. The van der Waals surface area contributed by atoms with Crippen LogP contribution in [0.25, 0.3) is 0 Å². The molecule has 0 heterocycles. The molecule has 0 radical (unpaired) electrons. The largest absolute Gasteiger partial charge is 0.385 e. The average molecular weight is 285 g/mol. The van der Waals surface area contributed by atoms with Gasteiger partial charge in [0, 0.05) is 25.2 Å². The van der Waals surface area contributed by atoms with E-state index in [2.05, 4.69) is 15.4 Å². The van der Waals surface area contributed by atoms with Gasteiger partial charge in [-0.2, -0.15) is 0 Å². The maximum atomic E-state index is 11.5. The number of rotatable bonds is 7. The zero-order chi connectivity index (χ0) is 14.3. The summed E-state index contributed by atoms with van der Waals surface area (Å²) >= 11 is 0. The molecule has 0 saturated carbocycles. The Morgan fingerprint density at radius 1 is 1.21 bits per heavy atom. The van der Waals surface area contributed by atoms with Crippen LogP contribution in [0.4, 0.5) is 5.69 Å². The monoisotopic (exact) mass is 285 g/mol. The number of sulfonamides is 1. The maximum absolute atomic E-state index is 11.5. The molecule has 1 amide bonds. The van der Waals surface area contributed by atoms with E-state index in [4.69, 9.17) is 0 Å². The number of hydrogen-bond acceptors (Lipinski definition) is 4. The lowest BCUT2D eigenvalue weighted by Crippen LogP contribution is -2.24. The van der Waals surface area contributed by atoms with Crippen LogP contribution in [-0.2, 0) is 14.8 Å². The minimum atomic E-state index is -3.40. The lowest BCUT2D eigenvalue weighted by molar-refractivity contribution is -0.120. The number of benzene rings is 1. The fourth-order valence-corrected chi connectivity index (χ4v) is 2.21. The smallest absolute Gasteiger partial charge is 0.240 e. The van der Waals surface area contributed by atoms with Crippen LogP contribution in [0.3, 0.4) is 0 Å². The fraction of sp³-hybridized carbons (Fsp3) is 0.417. The van der Waals surface area contributed by atoms with Gasteiger partial charge < -0.3 is 10.6 Å². The number of carbonyl (C=O) groups excluding carboxylic acids is 1. The molecule has 106 valence electrons. The third kappa shape index (κ3) is 4.88. The molecule has 6 nitrogen and oxygen atoms in total. The second-order valence-electron chi connectivity index (χ2n) is 3.86. The zero-order valence-corrected chi connectivity index (χ0v) is 11.9. The van der Waals surface area contributed by atoms with Crippen LogP contribution >= 0.6 is 0 Å². The molecule has 0 bridgehead atoms. The Morgan fingerprint density at radius 3 is 2.37 bits per heavy atom. The molecule has 19 heavy (non-hydrogen) atoms. The summed E-state index contributed by atoms with van der Waals surface area (Å²) in [4.78, 5) is 11.4. The number of anilines is 1. The highest BCUT2D eigenvalue weighted by Crippen LogP contribution is 2.13. The van der Waals surface area contributed by atoms with Gasteiger partial charge in [0.15, 0.2) is 0 Å². The van der Waals surface area contributed by atoms with Gasteiger partial charge in [-0.15, -0.1) is 0 Å². The van der Waals surface area contributed by atoms with Crippen molar-refractivity contribution in [3.63, 3.8) is 0 Å². The van der Waals surface area contributed by atoms with Crippen LogP contribution in [0.1, 0.15) is 13.3 Å². The van der Waals surface area contributed by atoms with E-state index in [0.29, 0.717) is 19.5 Å². The lowest BCUT2D eigenvalue weighted by Gasteiger charge is -2.07. The minimum absolute atomic E-state index is 0.00983. The summed E-state index contributed by atoms with van der Waals surface area (Å²) < 4.78 is 25.3. The van der Waals surface area contributed by atoms with E-state index in [1.54, 1.807) is 12.1 Å². The topological polar surface area (TPSA) is 87.3 Å². The number of carbonyl (C=O) groups is 1. The molecular formula is C12H19N3O3S. The second-order valence-corrected chi connectivity index (χ2v) is 5.75. The molecule has 0 spiro atoms. The van der Waals surface area contributed by atoms with Gasteiger partial charge in [-0.1, -0.05) is 0 Å². The zero-order valence-electron chi connectivity index (χ0n) is 11.1. The molecule has 1 aromatic carbocycles. The Hall–Kier alpha value is -1.60. The van der Waals surface area contributed by atoms with Gasteiger partial charge >= 0.3 is 0 Å². The molecule has 0 unspecified atom stereocenters. The molecule has 3 N–H and O–H groups in total. The summed E-state index contributed by atoms with van der Waals surface area (Å²) in [6.45, 7) is 2.99. The van der Waals surface area contributed by atoms with Gasteiger partial charge in [0.2, 0.25) is 15.9 Å². The van der Waals surface area contributed by atoms with E-state index in [-0.39, 0.29) is 10.8 Å². The first-order valence-electron chi connectivity index (χ1n) is 6.03. The van der Waals surface area contributed by atoms with Crippen molar-refractivity contribution in [3.8, 4) is 0 Å². The fourth-order valence-electron chi connectivity index (χ4n) is 1.48. The summed E-state index contributed by atoms with van der Waals surface area (Å²) in [6, 6.07) is 6.37. The number of hydrogen-bond donors (Lipinski definition) is 3. The van der Waals surface area contributed by atoms with Crippen molar-refractivity contribution in [3.05, 3.63) is 24.3 Å². The summed E-state index contributed by atoms with van der Waals surface area (Å²) in [5.74, 6) is -0.00983. The SMILES string of the molecule is CCNC(=O)CCNc1ccc(S(=O)(=O)NC)cc1. The predicted octanol–water partition coefficient (Wildman–Crippen LogP) is 0.533. The third-order valence-electron chi connectivity index (χ3n) is 2.49. The van der Waals surface area contributed by atoms with Crippen molar-refractivity contribution in [1.29, 1.82) is 0 Å². The van der Waals surface area contributed by atoms with Crippen molar-refractivity contribution in [2.75, 3.05) is 25.5 Å². The summed E-state index contributed by atoms with van der Waals surface area (Å²) in [5.41, 5.74) is 0.777. The van der Waals surface area contributed by atoms with Crippen LogP contribution in [0.15, 0.2) is 29.2 Å². The van der Waals surface area contributed by atoms with Gasteiger partial charge in [0.1, 0.15) is 0 Å². The Balaban J connectivity index is 2.52. The van der Waals surface area contributed by atoms with Gasteiger partial charge in [0.05, 0.1) is 4.90 Å². The first kappa shape index (κ1) is 15.5. The first-order valence-corrected chi connectivity index (χ1v) is 7.52. The van der Waals surface area contributed by atoms with E-state index >= 15 is 0 Å².